The molecule has 1 aromatic heterocycles. The van der Waals surface area contributed by atoms with Crippen molar-refractivity contribution in [3.63, 3.8) is 0 Å². The summed E-state index contributed by atoms with van der Waals surface area (Å²) in [5, 5.41) is 4.27. The molecule has 0 spiro atoms. The minimum absolute atomic E-state index is 0.140. The number of fused-ring (bicyclic) bond motifs is 1. The lowest BCUT2D eigenvalue weighted by atomic mass is 9.77. The molecule has 0 fully saturated rings. The van der Waals surface area contributed by atoms with Gasteiger partial charge in [0, 0.05) is 31.3 Å². The highest BCUT2D eigenvalue weighted by Gasteiger charge is 2.38. The van der Waals surface area contributed by atoms with Gasteiger partial charge in [0.1, 0.15) is 5.54 Å². The molecule has 0 aliphatic heterocycles. The summed E-state index contributed by atoms with van der Waals surface area (Å²) in [6.07, 6.45) is 0.848. The van der Waals surface area contributed by atoms with Gasteiger partial charge in [-0.3, -0.25) is 14.6 Å². The van der Waals surface area contributed by atoms with E-state index in [1.807, 2.05) is 135 Å². The van der Waals surface area contributed by atoms with Gasteiger partial charge in [-0.2, -0.15) is 0 Å². The highest BCUT2D eigenvalue weighted by atomic mass is 16.7. The summed E-state index contributed by atoms with van der Waals surface area (Å²) in [6.45, 7) is 4.94. The molecular weight excluding hydrogens is 588 g/mol. The largest absolute Gasteiger partial charge is 0.351 e. The van der Waals surface area contributed by atoms with E-state index in [1.165, 1.54) is 0 Å². The lowest BCUT2D eigenvalue weighted by Crippen LogP contribution is -2.52. The SMILES string of the molecule is CCOC(CN(Cc1cccc2cccnc12)C(=O)C(N)CC(=O)NC(c1ccccc1)(c1ccccc1)c1ccccc1)OCC. The van der Waals surface area contributed by atoms with Crippen molar-refractivity contribution in [1.29, 1.82) is 0 Å². The highest BCUT2D eigenvalue weighted by Crippen LogP contribution is 2.37. The molecule has 4 aromatic carbocycles. The van der Waals surface area contributed by atoms with Crippen molar-refractivity contribution in [2.24, 2.45) is 5.73 Å². The molecule has 5 aromatic rings. The van der Waals surface area contributed by atoms with Crippen LogP contribution in [0.4, 0.5) is 0 Å². The Hall–Kier alpha value is -4.89. The maximum atomic E-state index is 14.1. The Morgan fingerprint density at radius 1 is 0.766 bits per heavy atom. The fraction of sp³-hybridized carbons (Fsp3) is 0.256. The Morgan fingerprint density at radius 3 is 1.83 bits per heavy atom. The number of pyridine rings is 1. The lowest BCUT2D eigenvalue weighted by Gasteiger charge is -2.37. The van der Waals surface area contributed by atoms with E-state index in [0.717, 1.165) is 33.2 Å². The number of rotatable bonds is 15. The molecule has 47 heavy (non-hydrogen) atoms. The van der Waals surface area contributed by atoms with E-state index >= 15 is 0 Å². The molecule has 1 unspecified atom stereocenters. The predicted octanol–water partition coefficient (Wildman–Crippen LogP) is 5.79. The quantitative estimate of drug-likeness (QED) is 0.112. The van der Waals surface area contributed by atoms with Crippen molar-refractivity contribution in [2.45, 2.75) is 44.7 Å². The molecule has 0 aliphatic carbocycles. The van der Waals surface area contributed by atoms with E-state index in [1.54, 1.807) is 11.1 Å². The third-order valence-electron chi connectivity index (χ3n) is 8.13. The van der Waals surface area contributed by atoms with Crippen LogP contribution in [-0.2, 0) is 31.1 Å². The van der Waals surface area contributed by atoms with Gasteiger partial charge < -0.3 is 25.4 Å². The molecule has 3 N–H and O–H groups in total. The number of benzene rings is 4. The van der Waals surface area contributed by atoms with Gasteiger partial charge in [0.25, 0.3) is 0 Å². The minimum Gasteiger partial charge on any atom is -0.351 e. The second-order valence-electron chi connectivity index (χ2n) is 11.3. The number of nitrogens with two attached hydrogens (primary N) is 1. The summed E-state index contributed by atoms with van der Waals surface area (Å²) < 4.78 is 11.6. The molecule has 0 saturated carbocycles. The van der Waals surface area contributed by atoms with Crippen LogP contribution in [0.1, 0.15) is 42.5 Å². The van der Waals surface area contributed by atoms with Crippen LogP contribution in [0.25, 0.3) is 10.9 Å². The Bertz CT molecular complexity index is 1630. The molecule has 0 saturated heterocycles. The highest BCUT2D eigenvalue weighted by molar-refractivity contribution is 5.89. The molecule has 5 rings (SSSR count). The van der Waals surface area contributed by atoms with Crippen LogP contribution in [0, 0.1) is 0 Å². The van der Waals surface area contributed by atoms with Crippen LogP contribution in [0.15, 0.2) is 128 Å². The molecule has 0 radical (unpaired) electrons. The zero-order valence-corrected chi connectivity index (χ0v) is 26.9. The summed E-state index contributed by atoms with van der Waals surface area (Å²) in [7, 11) is 0. The second kappa shape index (κ2) is 16.1. The van der Waals surface area contributed by atoms with Crippen molar-refractivity contribution >= 4 is 22.7 Å². The van der Waals surface area contributed by atoms with E-state index in [9.17, 15) is 9.59 Å². The van der Waals surface area contributed by atoms with E-state index < -0.39 is 17.9 Å². The first-order valence-electron chi connectivity index (χ1n) is 16.0. The maximum Gasteiger partial charge on any atom is 0.240 e. The Kier molecular flexibility index (Phi) is 11.5. The zero-order valence-electron chi connectivity index (χ0n) is 26.9. The first kappa shape index (κ1) is 33.5. The average Bonchev–Trinajstić information content (AvgIpc) is 3.11. The van der Waals surface area contributed by atoms with Gasteiger partial charge in [0.15, 0.2) is 6.29 Å². The molecule has 1 heterocycles. The molecule has 0 bridgehead atoms. The summed E-state index contributed by atoms with van der Waals surface area (Å²) in [4.78, 5) is 34.4. The fourth-order valence-corrected chi connectivity index (χ4v) is 6.00. The fourth-order valence-electron chi connectivity index (χ4n) is 6.00. The van der Waals surface area contributed by atoms with Gasteiger partial charge in [0.2, 0.25) is 11.8 Å². The molecule has 242 valence electrons. The van der Waals surface area contributed by atoms with Crippen LogP contribution in [0.5, 0.6) is 0 Å². The van der Waals surface area contributed by atoms with E-state index in [-0.39, 0.29) is 31.3 Å². The summed E-state index contributed by atoms with van der Waals surface area (Å²) >= 11 is 0. The van der Waals surface area contributed by atoms with Gasteiger partial charge in [0.05, 0.1) is 24.5 Å². The van der Waals surface area contributed by atoms with Gasteiger partial charge in [-0.25, -0.2) is 0 Å². The Morgan fingerprint density at radius 2 is 1.30 bits per heavy atom. The summed E-state index contributed by atoms with van der Waals surface area (Å²) in [5.41, 5.74) is 9.87. The Labute approximate surface area is 276 Å². The maximum absolute atomic E-state index is 14.1. The summed E-state index contributed by atoms with van der Waals surface area (Å²) in [5.74, 6) is -0.748. The minimum atomic E-state index is -1.12. The standard InChI is InChI=1S/C39H42N4O4/c1-3-46-36(47-4-2)28-43(27-30-17-14-16-29-18-15-25-41-37(29)30)38(45)34(40)26-35(44)42-39(31-19-8-5-9-20-31,32-21-10-6-11-22-32)33-23-12-7-13-24-33/h5-25,34,36H,3-4,26-28,40H2,1-2H3,(H,42,44). The number of nitrogens with one attached hydrogen (secondary N) is 1. The van der Waals surface area contributed by atoms with Crippen molar-refractivity contribution in [2.75, 3.05) is 19.8 Å². The third kappa shape index (κ3) is 7.92. The lowest BCUT2D eigenvalue weighted by molar-refractivity contribution is -0.160. The van der Waals surface area contributed by atoms with Crippen LogP contribution in [-0.4, -0.2) is 53.8 Å². The van der Waals surface area contributed by atoms with Crippen LogP contribution >= 0.6 is 0 Å². The second-order valence-corrected chi connectivity index (χ2v) is 11.3. The van der Waals surface area contributed by atoms with Crippen LogP contribution in [0.3, 0.4) is 0 Å². The van der Waals surface area contributed by atoms with Crippen LogP contribution in [0.2, 0.25) is 0 Å². The molecule has 8 heteroatoms. The van der Waals surface area contributed by atoms with Gasteiger partial charge in [-0.05, 0) is 42.2 Å². The van der Waals surface area contributed by atoms with Crippen molar-refractivity contribution in [3.8, 4) is 0 Å². The molecule has 8 nitrogen and oxygen atoms in total. The number of carbonyl (C=O) groups excluding carboxylic acids is 2. The smallest absolute Gasteiger partial charge is 0.240 e. The van der Waals surface area contributed by atoms with E-state index in [4.69, 9.17) is 15.2 Å². The number of para-hydroxylation sites is 1. The van der Waals surface area contributed by atoms with Crippen molar-refractivity contribution in [1.82, 2.24) is 15.2 Å². The van der Waals surface area contributed by atoms with Crippen molar-refractivity contribution in [3.05, 3.63) is 150 Å². The predicted molar refractivity (Wildman–Crippen MR) is 184 cm³/mol. The topological polar surface area (TPSA) is 107 Å². The third-order valence-corrected chi connectivity index (χ3v) is 8.13. The average molecular weight is 631 g/mol. The monoisotopic (exact) mass is 630 g/mol. The number of ether oxygens (including phenoxy) is 2. The van der Waals surface area contributed by atoms with Gasteiger partial charge in [-0.15, -0.1) is 0 Å². The Balaban J connectivity index is 1.45. The number of hydrogen-bond acceptors (Lipinski definition) is 6. The van der Waals surface area contributed by atoms with E-state index in [2.05, 4.69) is 10.3 Å². The first-order chi connectivity index (χ1) is 23.0. The van der Waals surface area contributed by atoms with E-state index in [0.29, 0.717) is 13.2 Å². The number of hydrogen-bond donors (Lipinski definition) is 2. The molecule has 2 amide bonds. The number of carbonyl (C=O) groups is 2. The van der Waals surface area contributed by atoms with Crippen LogP contribution < -0.4 is 11.1 Å². The normalized spacial score (nSPS) is 12.2. The molecule has 1 atom stereocenters. The summed E-state index contributed by atoms with van der Waals surface area (Å²) in [6, 6.07) is 38.1. The molecular formula is C39H42N4O4. The zero-order chi connectivity index (χ0) is 33.1. The number of nitrogens with zero attached hydrogens (tertiary/aromatic N) is 2. The first-order valence-corrected chi connectivity index (χ1v) is 16.0. The molecule has 0 aliphatic rings. The number of aromatic nitrogens is 1. The number of amides is 2. The van der Waals surface area contributed by atoms with Gasteiger partial charge >= 0.3 is 0 Å². The van der Waals surface area contributed by atoms with Crippen molar-refractivity contribution < 1.29 is 19.1 Å². The van der Waals surface area contributed by atoms with Gasteiger partial charge in [-0.1, -0.05) is 115 Å².